The van der Waals surface area contributed by atoms with Crippen LogP contribution in [0, 0.1) is 13.8 Å². The van der Waals surface area contributed by atoms with Gasteiger partial charge in [-0.3, -0.25) is 14.2 Å². The van der Waals surface area contributed by atoms with Crippen LogP contribution in [-0.4, -0.2) is 21.2 Å². The first-order chi connectivity index (χ1) is 13.8. The van der Waals surface area contributed by atoms with E-state index >= 15 is 0 Å². The Morgan fingerprint density at radius 1 is 1.21 bits per heavy atom. The topological polar surface area (TPSA) is 64.0 Å². The number of carbonyl (C=O) groups excluding carboxylic acids is 1. The molecule has 0 spiro atoms. The van der Waals surface area contributed by atoms with Crippen LogP contribution in [0.5, 0.6) is 0 Å². The van der Waals surface area contributed by atoms with Gasteiger partial charge in [-0.2, -0.15) is 0 Å². The molecule has 2 aromatic carbocycles. The van der Waals surface area contributed by atoms with Crippen molar-refractivity contribution in [2.75, 3.05) is 11.1 Å². The summed E-state index contributed by atoms with van der Waals surface area (Å²) in [6.45, 7) is 6.36. The number of fused-ring (bicyclic) bond motifs is 1. The molecule has 0 saturated heterocycles. The quantitative estimate of drug-likeness (QED) is 0.400. The van der Waals surface area contributed by atoms with Gasteiger partial charge in [0.05, 0.1) is 27.4 Å². The molecule has 1 amide bonds. The highest BCUT2D eigenvalue weighted by atomic mass is 35.5. The molecule has 3 aromatic rings. The van der Waals surface area contributed by atoms with Gasteiger partial charge < -0.3 is 5.32 Å². The molecule has 152 valence electrons. The summed E-state index contributed by atoms with van der Waals surface area (Å²) in [5.74, 6) is -0.112. The Morgan fingerprint density at radius 3 is 2.66 bits per heavy atom. The van der Waals surface area contributed by atoms with E-state index in [1.54, 1.807) is 22.8 Å². The molecule has 1 N–H and O–H groups in total. The molecule has 29 heavy (non-hydrogen) atoms. The Hall–Kier alpha value is -2.02. The predicted octanol–water partition coefficient (Wildman–Crippen LogP) is 5.46. The first-order valence-corrected chi connectivity index (χ1v) is 10.9. The number of thioether (sulfide) groups is 1. The molecule has 1 aromatic heterocycles. The van der Waals surface area contributed by atoms with E-state index in [1.165, 1.54) is 11.8 Å². The molecule has 5 nitrogen and oxygen atoms in total. The number of aryl methyl sites for hydroxylation is 2. The van der Waals surface area contributed by atoms with Gasteiger partial charge in [0.15, 0.2) is 5.16 Å². The smallest absolute Gasteiger partial charge is 0.262 e. The summed E-state index contributed by atoms with van der Waals surface area (Å²) in [7, 11) is 0. The number of anilines is 1. The minimum absolute atomic E-state index is 0.103. The lowest BCUT2D eigenvalue weighted by atomic mass is 10.1. The molecule has 0 aliphatic heterocycles. The standard InChI is InChI=1S/C21H21Cl2N3O2S/c1-4-7-26-20(28)15-6-5-14(22)10-17(15)24-21(26)29-11-18(27)25-19-13(3)8-12(2)9-16(19)23/h5-6,8-10H,4,7,11H2,1-3H3,(H,25,27). The largest absolute Gasteiger partial charge is 0.324 e. The van der Waals surface area contributed by atoms with Crippen molar-refractivity contribution in [3.8, 4) is 0 Å². The van der Waals surface area contributed by atoms with Gasteiger partial charge >= 0.3 is 0 Å². The molecular weight excluding hydrogens is 429 g/mol. The molecule has 0 aliphatic carbocycles. The molecule has 1 heterocycles. The van der Waals surface area contributed by atoms with E-state index in [1.807, 2.05) is 32.9 Å². The van der Waals surface area contributed by atoms with Gasteiger partial charge in [0.25, 0.3) is 5.56 Å². The monoisotopic (exact) mass is 449 g/mol. The summed E-state index contributed by atoms with van der Waals surface area (Å²) >= 11 is 13.5. The van der Waals surface area contributed by atoms with Gasteiger partial charge in [0.1, 0.15) is 0 Å². The number of hydrogen-bond acceptors (Lipinski definition) is 4. The van der Waals surface area contributed by atoms with Crippen molar-refractivity contribution in [1.29, 1.82) is 0 Å². The maximum atomic E-state index is 12.9. The molecule has 0 unspecified atom stereocenters. The predicted molar refractivity (Wildman–Crippen MR) is 122 cm³/mol. The van der Waals surface area contributed by atoms with Gasteiger partial charge in [-0.05, 0) is 55.7 Å². The second kappa shape index (κ2) is 9.20. The highest BCUT2D eigenvalue weighted by Gasteiger charge is 2.15. The number of nitrogens with zero attached hydrogens (tertiary/aromatic N) is 2. The van der Waals surface area contributed by atoms with Crippen molar-refractivity contribution < 1.29 is 4.79 Å². The second-order valence-corrected chi connectivity index (χ2v) is 8.57. The molecule has 0 bridgehead atoms. The molecule has 0 atom stereocenters. The summed E-state index contributed by atoms with van der Waals surface area (Å²) in [4.78, 5) is 30.0. The normalized spacial score (nSPS) is 11.1. The highest BCUT2D eigenvalue weighted by Crippen LogP contribution is 2.28. The van der Waals surface area contributed by atoms with Crippen molar-refractivity contribution in [3.63, 3.8) is 0 Å². The number of aromatic nitrogens is 2. The fourth-order valence-electron chi connectivity index (χ4n) is 3.08. The summed E-state index contributed by atoms with van der Waals surface area (Å²) in [5.41, 5.74) is 2.92. The van der Waals surface area contributed by atoms with Crippen molar-refractivity contribution in [3.05, 3.63) is 61.9 Å². The minimum atomic E-state index is -0.215. The zero-order valence-corrected chi connectivity index (χ0v) is 18.7. The summed E-state index contributed by atoms with van der Waals surface area (Å²) in [6, 6.07) is 8.79. The summed E-state index contributed by atoms with van der Waals surface area (Å²) < 4.78 is 1.61. The van der Waals surface area contributed by atoms with Crippen LogP contribution in [0.2, 0.25) is 10.0 Å². The van der Waals surface area contributed by atoms with Crippen LogP contribution in [0.4, 0.5) is 5.69 Å². The number of benzene rings is 2. The van der Waals surface area contributed by atoms with Crippen molar-refractivity contribution >= 4 is 57.5 Å². The third-order valence-electron chi connectivity index (χ3n) is 4.36. The Morgan fingerprint density at radius 2 is 1.97 bits per heavy atom. The lowest BCUT2D eigenvalue weighted by Crippen LogP contribution is -2.24. The van der Waals surface area contributed by atoms with E-state index < -0.39 is 0 Å². The number of rotatable bonds is 6. The van der Waals surface area contributed by atoms with E-state index in [4.69, 9.17) is 23.2 Å². The Bertz CT molecular complexity index is 1120. The fraction of sp³-hybridized carbons (Fsp3) is 0.286. The van der Waals surface area contributed by atoms with E-state index in [2.05, 4.69) is 10.3 Å². The molecule has 0 fully saturated rings. The molecule has 8 heteroatoms. The van der Waals surface area contributed by atoms with Crippen LogP contribution in [0.15, 0.2) is 40.3 Å². The van der Waals surface area contributed by atoms with Crippen molar-refractivity contribution in [1.82, 2.24) is 9.55 Å². The van der Waals surface area contributed by atoms with Gasteiger partial charge in [0.2, 0.25) is 5.91 Å². The number of amides is 1. The second-order valence-electron chi connectivity index (χ2n) is 6.79. The Kier molecular flexibility index (Phi) is 6.88. The number of nitrogens with one attached hydrogen (secondary N) is 1. The lowest BCUT2D eigenvalue weighted by Gasteiger charge is -2.14. The number of carbonyl (C=O) groups is 1. The first kappa shape index (κ1) is 21.7. The van der Waals surface area contributed by atoms with E-state index in [9.17, 15) is 9.59 Å². The van der Waals surface area contributed by atoms with Gasteiger partial charge in [-0.15, -0.1) is 0 Å². The van der Waals surface area contributed by atoms with E-state index in [0.717, 1.165) is 17.5 Å². The SMILES string of the molecule is CCCn1c(SCC(=O)Nc2c(C)cc(C)cc2Cl)nc2cc(Cl)ccc2c1=O. The maximum absolute atomic E-state index is 12.9. The highest BCUT2D eigenvalue weighted by molar-refractivity contribution is 7.99. The van der Waals surface area contributed by atoms with Crippen LogP contribution in [0.25, 0.3) is 10.9 Å². The van der Waals surface area contributed by atoms with Gasteiger partial charge in [-0.1, -0.05) is 48.0 Å². The zero-order chi connectivity index (χ0) is 21.1. The molecule has 0 radical (unpaired) electrons. The zero-order valence-electron chi connectivity index (χ0n) is 16.4. The van der Waals surface area contributed by atoms with Crippen LogP contribution < -0.4 is 10.9 Å². The third kappa shape index (κ3) is 4.94. The Labute approximate surface area is 183 Å². The number of hydrogen-bond donors (Lipinski definition) is 1. The van der Waals surface area contributed by atoms with Crippen molar-refractivity contribution in [2.45, 2.75) is 38.9 Å². The van der Waals surface area contributed by atoms with Gasteiger partial charge in [0, 0.05) is 11.6 Å². The van der Waals surface area contributed by atoms with E-state index in [-0.39, 0.29) is 17.2 Å². The molecule has 3 rings (SSSR count). The first-order valence-electron chi connectivity index (χ1n) is 9.19. The molecular formula is C21H21Cl2N3O2S. The van der Waals surface area contributed by atoms with Crippen LogP contribution >= 0.6 is 35.0 Å². The molecule has 0 saturated carbocycles. The van der Waals surface area contributed by atoms with Gasteiger partial charge in [-0.25, -0.2) is 4.98 Å². The van der Waals surface area contributed by atoms with E-state index in [0.29, 0.717) is 38.3 Å². The molecule has 0 aliphatic rings. The minimum Gasteiger partial charge on any atom is -0.324 e. The van der Waals surface area contributed by atoms with Crippen LogP contribution in [0.3, 0.4) is 0 Å². The fourth-order valence-corrected chi connectivity index (χ4v) is 4.44. The summed E-state index contributed by atoms with van der Waals surface area (Å²) in [6.07, 6.45) is 0.776. The average molecular weight is 450 g/mol. The van der Waals surface area contributed by atoms with Crippen LogP contribution in [-0.2, 0) is 11.3 Å². The summed E-state index contributed by atoms with van der Waals surface area (Å²) in [5, 5.41) is 4.88. The van der Waals surface area contributed by atoms with Crippen molar-refractivity contribution in [2.24, 2.45) is 0 Å². The number of halogens is 2. The average Bonchev–Trinajstić information content (AvgIpc) is 2.65. The third-order valence-corrected chi connectivity index (χ3v) is 5.87. The maximum Gasteiger partial charge on any atom is 0.262 e. The lowest BCUT2D eigenvalue weighted by molar-refractivity contribution is -0.113. The van der Waals surface area contributed by atoms with Crippen LogP contribution in [0.1, 0.15) is 24.5 Å². The Balaban J connectivity index is 1.85.